The molecule has 0 saturated carbocycles. The minimum atomic E-state index is 0. The van der Waals surface area contributed by atoms with Crippen LogP contribution in [-0.2, 0) is 0 Å². The SMILES string of the molecule is CC(C)c1cc(C(C)C)c(-c2cccc(-c3c(C(C)C)cc(C(C)C)cc3C(C)C)[c]2[Sn])c(C(C)C)c1.[Li].[Li].[Li]. The molecule has 0 atom stereocenters. The van der Waals surface area contributed by atoms with Gasteiger partial charge in [-0.25, -0.2) is 0 Å². The van der Waals surface area contributed by atoms with Crippen molar-refractivity contribution in [2.24, 2.45) is 0 Å². The summed E-state index contributed by atoms with van der Waals surface area (Å²) in [6, 6.07) is 17.1. The summed E-state index contributed by atoms with van der Waals surface area (Å²) in [6.07, 6.45) is 0. The van der Waals surface area contributed by atoms with Crippen LogP contribution in [0, 0.1) is 0 Å². The van der Waals surface area contributed by atoms with E-state index in [0.29, 0.717) is 35.5 Å². The molecule has 0 aromatic heterocycles. The zero-order chi connectivity index (χ0) is 27.8. The van der Waals surface area contributed by atoms with Gasteiger partial charge >= 0.3 is 243 Å². The Balaban J connectivity index is 0.00000507. The average Bonchev–Trinajstić information content (AvgIpc) is 2.82. The van der Waals surface area contributed by atoms with Crippen LogP contribution in [0.3, 0.4) is 0 Å². The Labute approximate surface area is 296 Å². The van der Waals surface area contributed by atoms with E-state index in [0.717, 1.165) is 0 Å². The largest absolute Gasteiger partial charge is 0 e. The minimum Gasteiger partial charge on any atom is 0 e. The molecular formula is C36H49Li3Sn. The third-order valence-corrected chi connectivity index (χ3v) is 9.41. The first kappa shape index (κ1) is 40.3. The molecular weight excluding hydrogens is 572 g/mol. The summed E-state index contributed by atoms with van der Waals surface area (Å²) in [5.74, 6) is 2.98. The van der Waals surface area contributed by atoms with E-state index >= 15 is 0 Å². The molecule has 3 rings (SSSR count). The van der Waals surface area contributed by atoms with Crippen LogP contribution in [0.4, 0.5) is 0 Å². The Morgan fingerprint density at radius 1 is 0.425 bits per heavy atom. The molecule has 3 aromatic rings. The molecule has 0 fully saturated rings. The molecule has 0 aliphatic carbocycles. The van der Waals surface area contributed by atoms with Gasteiger partial charge < -0.3 is 0 Å². The molecule has 0 aliphatic rings. The smallest absolute Gasteiger partial charge is 0 e. The maximum Gasteiger partial charge on any atom is 0 e. The fraction of sp³-hybridized carbons (Fsp3) is 0.500. The molecule has 0 aliphatic heterocycles. The Morgan fingerprint density at radius 2 is 0.675 bits per heavy atom. The van der Waals surface area contributed by atoms with Crippen LogP contribution in [-0.4, -0.2) is 79.1 Å². The van der Waals surface area contributed by atoms with E-state index in [1.807, 2.05) is 0 Å². The molecule has 3 aromatic carbocycles. The Bertz CT molecular complexity index is 1100. The van der Waals surface area contributed by atoms with Gasteiger partial charge in [0.15, 0.2) is 0 Å². The van der Waals surface area contributed by atoms with Crippen LogP contribution < -0.4 is 3.58 Å². The van der Waals surface area contributed by atoms with E-state index < -0.39 is 0 Å². The second-order valence-electron chi connectivity index (χ2n) is 12.8. The van der Waals surface area contributed by atoms with Gasteiger partial charge in [-0.3, -0.25) is 0 Å². The third-order valence-electron chi connectivity index (χ3n) is 7.87. The minimum absolute atomic E-state index is 0. The van der Waals surface area contributed by atoms with Gasteiger partial charge in [0, 0.05) is 56.6 Å². The van der Waals surface area contributed by atoms with Crippen molar-refractivity contribution in [3.8, 4) is 22.3 Å². The van der Waals surface area contributed by atoms with Gasteiger partial charge in [0.1, 0.15) is 0 Å². The first-order valence-electron chi connectivity index (χ1n) is 14.5. The normalized spacial score (nSPS) is 11.4. The molecule has 0 unspecified atom stereocenters. The van der Waals surface area contributed by atoms with Gasteiger partial charge in [-0.1, -0.05) is 0 Å². The summed E-state index contributed by atoms with van der Waals surface area (Å²) < 4.78 is 1.50. The van der Waals surface area contributed by atoms with Crippen molar-refractivity contribution in [2.75, 3.05) is 0 Å². The van der Waals surface area contributed by atoms with Gasteiger partial charge in [0.2, 0.25) is 0 Å². The maximum atomic E-state index is 2.50. The van der Waals surface area contributed by atoms with E-state index in [2.05, 4.69) is 126 Å². The van der Waals surface area contributed by atoms with E-state index in [1.54, 1.807) is 0 Å². The third kappa shape index (κ3) is 8.67. The van der Waals surface area contributed by atoms with Crippen LogP contribution in [0.15, 0.2) is 42.5 Å². The van der Waals surface area contributed by atoms with E-state index in [-0.39, 0.29) is 56.6 Å². The molecule has 40 heavy (non-hydrogen) atoms. The molecule has 200 valence electrons. The van der Waals surface area contributed by atoms with Gasteiger partial charge in [-0.15, -0.1) is 0 Å². The fourth-order valence-electron chi connectivity index (χ4n) is 5.50. The van der Waals surface area contributed by atoms with E-state index in [4.69, 9.17) is 0 Å². The van der Waals surface area contributed by atoms with Crippen molar-refractivity contribution in [2.45, 2.75) is 119 Å². The molecule has 0 heterocycles. The summed E-state index contributed by atoms with van der Waals surface area (Å²) in [5, 5.41) is 0. The summed E-state index contributed by atoms with van der Waals surface area (Å²) >= 11 is 1.49. The fourth-order valence-corrected chi connectivity index (χ4v) is 6.69. The second-order valence-corrected chi connectivity index (χ2v) is 14.2. The van der Waals surface area contributed by atoms with E-state index in [1.165, 1.54) is 81.7 Å². The van der Waals surface area contributed by atoms with Crippen LogP contribution in [0.5, 0.6) is 0 Å². The molecule has 0 spiro atoms. The molecule has 0 N–H and O–H groups in total. The van der Waals surface area contributed by atoms with Crippen LogP contribution >= 0.6 is 0 Å². The second kappa shape index (κ2) is 16.9. The van der Waals surface area contributed by atoms with Crippen LogP contribution in [0.1, 0.15) is 152 Å². The summed E-state index contributed by atoms with van der Waals surface area (Å²) in [5.41, 5.74) is 14.8. The monoisotopic (exact) mass is 622 g/mol. The zero-order valence-corrected chi connectivity index (χ0v) is 31.4. The quantitative estimate of drug-likeness (QED) is 0.220. The Kier molecular flexibility index (Phi) is 17.0. The maximum absolute atomic E-state index is 2.50. The molecule has 0 bridgehead atoms. The summed E-state index contributed by atoms with van der Waals surface area (Å²) in [6.45, 7) is 28.2. The molecule has 4 heteroatoms. The van der Waals surface area contributed by atoms with Crippen molar-refractivity contribution < 1.29 is 0 Å². The van der Waals surface area contributed by atoms with Gasteiger partial charge in [0.25, 0.3) is 0 Å². The topological polar surface area (TPSA) is 0 Å². The number of benzene rings is 3. The molecule has 0 amide bonds. The van der Waals surface area contributed by atoms with Gasteiger partial charge in [-0.2, -0.15) is 0 Å². The van der Waals surface area contributed by atoms with Crippen molar-refractivity contribution in [1.82, 2.24) is 0 Å². The van der Waals surface area contributed by atoms with Gasteiger partial charge in [-0.05, 0) is 0 Å². The molecule has 0 nitrogen and oxygen atoms in total. The van der Waals surface area contributed by atoms with Crippen molar-refractivity contribution in [1.29, 1.82) is 0 Å². The van der Waals surface area contributed by atoms with Crippen molar-refractivity contribution in [3.63, 3.8) is 0 Å². The predicted molar refractivity (Wildman–Crippen MR) is 184 cm³/mol. The van der Waals surface area contributed by atoms with Gasteiger partial charge in [0.05, 0.1) is 0 Å². The first-order valence-corrected chi connectivity index (χ1v) is 15.9. The Morgan fingerprint density at radius 3 is 0.875 bits per heavy atom. The Hall–Kier alpha value is 0.251. The van der Waals surface area contributed by atoms with Crippen LogP contribution in [0.2, 0.25) is 0 Å². The zero-order valence-electron chi connectivity index (χ0n) is 28.5. The number of hydrogen-bond acceptors (Lipinski definition) is 0. The summed E-state index contributed by atoms with van der Waals surface area (Å²) in [4.78, 5) is 0. The average molecular weight is 621 g/mol. The van der Waals surface area contributed by atoms with E-state index in [9.17, 15) is 0 Å². The molecule has 6 radical (unpaired) electrons. The summed E-state index contributed by atoms with van der Waals surface area (Å²) in [7, 11) is 0. The molecule has 0 saturated heterocycles. The number of rotatable bonds is 8. The standard InChI is InChI=1S/C36H49.3Li.Sn/c1-21(2)29-17-31(23(5)6)35(32(18-29)24(7)8)27-14-13-15-28(16-27)36-33(25(9)10)19-30(22(3)4)20-34(36)26(11)12;;;;/h13-15,17-26H,1-12H3;;;;. The van der Waals surface area contributed by atoms with Crippen molar-refractivity contribution >= 4 is 82.7 Å². The number of hydrogen-bond donors (Lipinski definition) is 0. The van der Waals surface area contributed by atoms with Crippen LogP contribution in [0.25, 0.3) is 22.3 Å². The van der Waals surface area contributed by atoms with Crippen molar-refractivity contribution in [3.05, 3.63) is 75.8 Å². The predicted octanol–water partition coefficient (Wildman–Crippen LogP) is 9.41. The first-order chi connectivity index (χ1) is 17.3.